The highest BCUT2D eigenvalue weighted by atomic mass is 16.3. The SMILES string of the molecule is CCNC[C@@H](O)[C@H](Cc1ccccc1)NC(=O)c1cc(NCC)cc(N2CCCC2=O)c1.O=CO. The molecular weight excluding hydrogens is 448 g/mol. The van der Waals surface area contributed by atoms with Gasteiger partial charge in [-0.3, -0.25) is 14.4 Å². The third kappa shape index (κ3) is 8.70. The molecule has 9 nitrogen and oxygen atoms in total. The predicted octanol–water partition coefficient (Wildman–Crippen LogP) is 2.26. The monoisotopic (exact) mass is 484 g/mol. The number of hydrogen-bond donors (Lipinski definition) is 5. The largest absolute Gasteiger partial charge is 0.483 e. The van der Waals surface area contributed by atoms with E-state index in [0.29, 0.717) is 38.0 Å². The minimum absolute atomic E-state index is 0.0769. The molecule has 0 bridgehead atoms. The van der Waals surface area contributed by atoms with Crippen molar-refractivity contribution < 1.29 is 24.6 Å². The number of benzene rings is 2. The standard InChI is InChI=1S/C25H34N4O3.CH2O2/c1-3-26-17-23(30)22(13-18-9-6-5-7-10-18)28-25(32)19-14-20(27-4-2)16-21(15-19)29-12-8-11-24(29)31;2-1-3/h5-7,9-10,14-16,22-23,26-27,30H,3-4,8,11-13,17H2,1-2H3,(H,28,32);1H,(H,2,3)/t22-,23+;/m0./s1. The number of aliphatic hydroxyl groups excluding tert-OH is 1. The molecule has 0 aliphatic carbocycles. The van der Waals surface area contributed by atoms with Crippen LogP contribution in [0.2, 0.25) is 0 Å². The third-order valence-electron chi connectivity index (χ3n) is 5.63. The number of hydrogen-bond acceptors (Lipinski definition) is 6. The molecule has 2 aromatic carbocycles. The molecule has 5 N–H and O–H groups in total. The fraction of sp³-hybridized carbons (Fsp3) is 0.423. The number of carboxylic acid groups (broad SMARTS) is 1. The molecule has 0 spiro atoms. The van der Waals surface area contributed by atoms with E-state index in [4.69, 9.17) is 9.90 Å². The highest BCUT2D eigenvalue weighted by Gasteiger charge is 2.25. The van der Waals surface area contributed by atoms with Crippen LogP contribution < -0.4 is 20.9 Å². The van der Waals surface area contributed by atoms with Crippen LogP contribution in [0.25, 0.3) is 0 Å². The number of nitrogens with zero attached hydrogens (tertiary/aromatic N) is 1. The lowest BCUT2D eigenvalue weighted by Gasteiger charge is -2.25. The summed E-state index contributed by atoms with van der Waals surface area (Å²) >= 11 is 0. The van der Waals surface area contributed by atoms with Crippen LogP contribution >= 0.6 is 0 Å². The number of carbonyl (C=O) groups excluding carboxylic acids is 2. The summed E-state index contributed by atoms with van der Waals surface area (Å²) in [5.74, 6) is -0.192. The van der Waals surface area contributed by atoms with Gasteiger partial charge in [0.15, 0.2) is 0 Å². The Bertz CT molecular complexity index is 954. The quantitative estimate of drug-likeness (QED) is 0.309. The lowest BCUT2D eigenvalue weighted by Crippen LogP contribution is -2.48. The Kier molecular flexibility index (Phi) is 11.7. The lowest BCUT2D eigenvalue weighted by atomic mass is 10.00. The van der Waals surface area contributed by atoms with Crippen LogP contribution in [0.4, 0.5) is 11.4 Å². The second-order valence-electron chi connectivity index (χ2n) is 8.20. The van der Waals surface area contributed by atoms with Crippen LogP contribution in [0, 0.1) is 0 Å². The van der Waals surface area contributed by atoms with Crippen LogP contribution in [0.3, 0.4) is 0 Å². The number of amides is 2. The summed E-state index contributed by atoms with van der Waals surface area (Å²) in [5, 5.41) is 27.1. The molecule has 0 unspecified atom stereocenters. The Hall–Kier alpha value is -3.43. The Morgan fingerprint density at radius 2 is 1.86 bits per heavy atom. The van der Waals surface area contributed by atoms with E-state index in [1.54, 1.807) is 17.0 Å². The summed E-state index contributed by atoms with van der Waals surface area (Å²) in [6.45, 7) is 6.20. The van der Waals surface area contributed by atoms with Crippen LogP contribution in [0.5, 0.6) is 0 Å². The van der Waals surface area contributed by atoms with Crippen molar-refractivity contribution in [1.29, 1.82) is 0 Å². The van der Waals surface area contributed by atoms with E-state index in [1.807, 2.05) is 50.2 Å². The lowest BCUT2D eigenvalue weighted by molar-refractivity contribution is -0.123. The minimum Gasteiger partial charge on any atom is -0.483 e. The highest BCUT2D eigenvalue weighted by molar-refractivity contribution is 6.00. The first-order chi connectivity index (χ1) is 16.9. The Morgan fingerprint density at radius 3 is 2.46 bits per heavy atom. The maximum Gasteiger partial charge on any atom is 0.290 e. The van der Waals surface area contributed by atoms with Gasteiger partial charge in [-0.25, -0.2) is 0 Å². The van der Waals surface area contributed by atoms with Crippen molar-refractivity contribution in [3.8, 4) is 0 Å². The molecule has 35 heavy (non-hydrogen) atoms. The summed E-state index contributed by atoms with van der Waals surface area (Å²) in [5.41, 5.74) is 3.02. The molecule has 1 heterocycles. The number of likely N-dealkylation sites (N-methyl/N-ethyl adjacent to an activating group) is 1. The Morgan fingerprint density at radius 1 is 1.14 bits per heavy atom. The second kappa shape index (κ2) is 14.7. The number of rotatable bonds is 11. The Labute approximate surface area is 206 Å². The first-order valence-electron chi connectivity index (χ1n) is 11.9. The molecule has 1 aliphatic rings. The summed E-state index contributed by atoms with van der Waals surface area (Å²) < 4.78 is 0. The van der Waals surface area contributed by atoms with Gasteiger partial charge < -0.3 is 31.1 Å². The molecule has 0 aromatic heterocycles. The van der Waals surface area contributed by atoms with Gasteiger partial charge in [-0.15, -0.1) is 0 Å². The van der Waals surface area contributed by atoms with E-state index in [9.17, 15) is 14.7 Å². The minimum atomic E-state index is -0.740. The zero-order valence-electron chi connectivity index (χ0n) is 20.4. The first kappa shape index (κ1) is 27.8. The molecule has 1 saturated heterocycles. The van der Waals surface area contributed by atoms with Crippen LogP contribution in [-0.4, -0.2) is 66.8 Å². The van der Waals surface area contributed by atoms with Crippen molar-refractivity contribution >= 4 is 29.7 Å². The fourth-order valence-electron chi connectivity index (χ4n) is 3.96. The molecule has 2 atom stereocenters. The highest BCUT2D eigenvalue weighted by Crippen LogP contribution is 2.26. The van der Waals surface area contributed by atoms with Gasteiger partial charge in [0.2, 0.25) is 5.91 Å². The molecule has 0 radical (unpaired) electrons. The second-order valence-corrected chi connectivity index (χ2v) is 8.20. The van der Waals surface area contributed by atoms with Crippen molar-refractivity contribution in [2.45, 2.75) is 45.3 Å². The number of nitrogens with one attached hydrogen (secondary N) is 3. The van der Waals surface area contributed by atoms with Crippen molar-refractivity contribution in [2.24, 2.45) is 0 Å². The molecule has 1 aliphatic heterocycles. The van der Waals surface area contributed by atoms with Crippen molar-refractivity contribution in [3.63, 3.8) is 0 Å². The average Bonchev–Trinajstić information content (AvgIpc) is 3.29. The summed E-state index contributed by atoms with van der Waals surface area (Å²) in [6.07, 6.45) is 1.13. The van der Waals surface area contributed by atoms with Crippen LogP contribution in [-0.2, 0) is 16.0 Å². The maximum absolute atomic E-state index is 13.3. The van der Waals surface area contributed by atoms with Gasteiger partial charge in [-0.2, -0.15) is 0 Å². The van der Waals surface area contributed by atoms with E-state index in [2.05, 4.69) is 16.0 Å². The van der Waals surface area contributed by atoms with Gasteiger partial charge in [0.05, 0.1) is 12.1 Å². The molecule has 3 rings (SSSR count). The molecule has 1 fully saturated rings. The average molecular weight is 485 g/mol. The fourth-order valence-corrected chi connectivity index (χ4v) is 3.96. The van der Waals surface area contributed by atoms with E-state index in [-0.39, 0.29) is 18.3 Å². The van der Waals surface area contributed by atoms with Crippen LogP contribution in [0.1, 0.15) is 42.6 Å². The zero-order chi connectivity index (χ0) is 25.6. The van der Waals surface area contributed by atoms with Crippen molar-refractivity contribution in [3.05, 3.63) is 59.7 Å². The Balaban J connectivity index is 0.00000137. The van der Waals surface area contributed by atoms with E-state index >= 15 is 0 Å². The number of aliphatic hydroxyl groups is 1. The van der Waals surface area contributed by atoms with E-state index in [0.717, 1.165) is 29.9 Å². The van der Waals surface area contributed by atoms with Crippen molar-refractivity contribution in [1.82, 2.24) is 10.6 Å². The van der Waals surface area contributed by atoms with Gasteiger partial charge in [-0.05, 0) is 50.1 Å². The molecule has 9 heteroatoms. The van der Waals surface area contributed by atoms with Gasteiger partial charge >= 0.3 is 0 Å². The van der Waals surface area contributed by atoms with Crippen molar-refractivity contribution in [2.75, 3.05) is 36.4 Å². The topological polar surface area (TPSA) is 131 Å². The summed E-state index contributed by atoms with van der Waals surface area (Å²) in [6, 6.07) is 14.8. The number of carbonyl (C=O) groups is 3. The number of anilines is 2. The molecule has 2 aromatic rings. The summed E-state index contributed by atoms with van der Waals surface area (Å²) in [7, 11) is 0. The van der Waals surface area contributed by atoms with E-state index in [1.165, 1.54) is 0 Å². The summed E-state index contributed by atoms with van der Waals surface area (Å²) in [4.78, 5) is 35.6. The predicted molar refractivity (Wildman–Crippen MR) is 137 cm³/mol. The van der Waals surface area contributed by atoms with Gasteiger partial charge in [0.1, 0.15) is 0 Å². The first-order valence-corrected chi connectivity index (χ1v) is 11.9. The smallest absolute Gasteiger partial charge is 0.290 e. The van der Waals surface area contributed by atoms with Gasteiger partial charge in [0, 0.05) is 43.0 Å². The molecule has 0 saturated carbocycles. The zero-order valence-corrected chi connectivity index (χ0v) is 20.4. The van der Waals surface area contributed by atoms with Crippen LogP contribution in [0.15, 0.2) is 48.5 Å². The molecular formula is C26H36N4O5. The normalized spacial score (nSPS) is 14.5. The molecule has 2 amide bonds. The third-order valence-corrected chi connectivity index (χ3v) is 5.63. The van der Waals surface area contributed by atoms with Gasteiger partial charge in [0.25, 0.3) is 12.4 Å². The van der Waals surface area contributed by atoms with Gasteiger partial charge in [-0.1, -0.05) is 37.3 Å². The maximum atomic E-state index is 13.3. The van der Waals surface area contributed by atoms with E-state index < -0.39 is 12.1 Å². The molecule has 190 valence electrons.